The van der Waals surface area contributed by atoms with Crippen LogP contribution in [0.1, 0.15) is 0 Å². The average Bonchev–Trinajstić information content (AvgIpc) is 3.82. The second-order valence-electron chi connectivity index (χ2n) is 13.0. The molecule has 0 saturated heterocycles. The van der Waals surface area contributed by atoms with E-state index < -0.39 is 0 Å². The van der Waals surface area contributed by atoms with E-state index in [0.717, 1.165) is 76.4 Å². The summed E-state index contributed by atoms with van der Waals surface area (Å²) in [6.45, 7) is 0. The van der Waals surface area contributed by atoms with Crippen LogP contribution in [0.25, 0.3) is 111 Å². The van der Waals surface area contributed by atoms with Crippen molar-refractivity contribution in [1.29, 1.82) is 0 Å². The Morgan fingerprint density at radius 1 is 0.365 bits per heavy atom. The molecule has 0 spiro atoms. The van der Waals surface area contributed by atoms with Crippen molar-refractivity contribution in [3.63, 3.8) is 0 Å². The molecule has 0 saturated carbocycles. The Morgan fingerprint density at radius 2 is 0.923 bits per heavy atom. The second-order valence-corrected chi connectivity index (χ2v) is 13.0. The first-order valence-electron chi connectivity index (χ1n) is 17.2. The van der Waals surface area contributed by atoms with Gasteiger partial charge in [0.1, 0.15) is 16.7 Å². The maximum absolute atomic E-state index is 6.63. The van der Waals surface area contributed by atoms with Gasteiger partial charge in [0.05, 0.1) is 5.39 Å². The smallest absolute Gasteiger partial charge is 0.227 e. The van der Waals surface area contributed by atoms with Crippen LogP contribution in [0.3, 0.4) is 0 Å². The molecule has 0 aliphatic heterocycles. The highest BCUT2D eigenvalue weighted by molar-refractivity contribution is 6.27. The summed E-state index contributed by atoms with van der Waals surface area (Å²) in [6.07, 6.45) is 0. The molecule has 52 heavy (non-hydrogen) atoms. The third kappa shape index (κ3) is 4.38. The van der Waals surface area contributed by atoms with Crippen LogP contribution in [-0.4, -0.2) is 19.9 Å². The quantitative estimate of drug-likeness (QED) is 0.186. The van der Waals surface area contributed by atoms with Gasteiger partial charge in [-0.05, 0) is 62.6 Å². The fraction of sp³-hybridized carbons (Fsp3) is 0. The van der Waals surface area contributed by atoms with Crippen molar-refractivity contribution in [2.45, 2.75) is 0 Å². The Balaban J connectivity index is 1.20. The number of hydrogen-bond acceptors (Lipinski definition) is 6. The van der Waals surface area contributed by atoms with Crippen LogP contribution < -0.4 is 0 Å². The fourth-order valence-corrected chi connectivity index (χ4v) is 7.57. The van der Waals surface area contributed by atoms with Gasteiger partial charge in [-0.3, -0.25) is 0 Å². The highest BCUT2D eigenvalue weighted by atomic mass is 16.4. The van der Waals surface area contributed by atoms with Crippen LogP contribution in [0.5, 0.6) is 0 Å². The lowest BCUT2D eigenvalue weighted by molar-refractivity contribution is 0.622. The van der Waals surface area contributed by atoms with Gasteiger partial charge in [-0.1, -0.05) is 127 Å². The molecule has 11 aromatic rings. The van der Waals surface area contributed by atoms with Crippen molar-refractivity contribution in [2.24, 2.45) is 0 Å². The van der Waals surface area contributed by atoms with Gasteiger partial charge in [0, 0.05) is 27.6 Å². The first kappa shape index (κ1) is 28.6. The zero-order valence-corrected chi connectivity index (χ0v) is 27.6. The van der Waals surface area contributed by atoms with Gasteiger partial charge in [-0.2, -0.15) is 0 Å². The number of aromatic nitrogens is 4. The standard InChI is InChI=1S/C46H26N4O2/c1-2-14-29(15-3-1)46-47-37-24-25-38-41(42(37)52-46)40-33-21-9-8-20-32(33)36(26-39(40)51-38)45-49-43(34-22-10-16-27-12-4-6-18-30(27)34)48-44(50-45)35-23-11-17-28-13-5-7-19-31(28)35/h1-26H. The van der Waals surface area contributed by atoms with E-state index in [-0.39, 0.29) is 0 Å². The summed E-state index contributed by atoms with van der Waals surface area (Å²) >= 11 is 0. The SMILES string of the molecule is c1ccc(-c2nc3ccc4oc5cc(-c6nc(-c7cccc8ccccc78)nc(-c7cccc8ccccc78)n6)c6ccccc6c5c4c3o2)cc1. The molecule has 0 N–H and O–H groups in total. The van der Waals surface area contributed by atoms with E-state index in [9.17, 15) is 0 Å². The molecule has 0 aliphatic carbocycles. The van der Waals surface area contributed by atoms with E-state index >= 15 is 0 Å². The number of benzene rings is 8. The van der Waals surface area contributed by atoms with Gasteiger partial charge >= 0.3 is 0 Å². The average molecular weight is 667 g/mol. The van der Waals surface area contributed by atoms with Crippen molar-refractivity contribution in [3.05, 3.63) is 158 Å². The summed E-state index contributed by atoms with van der Waals surface area (Å²) in [7, 11) is 0. The van der Waals surface area contributed by atoms with Crippen LogP contribution in [0.4, 0.5) is 0 Å². The molecule has 3 heterocycles. The van der Waals surface area contributed by atoms with Gasteiger partial charge in [-0.25, -0.2) is 19.9 Å². The Labute approximate surface area is 296 Å². The Kier molecular flexibility index (Phi) is 6.15. The summed E-state index contributed by atoms with van der Waals surface area (Å²) in [5.74, 6) is 2.35. The zero-order valence-electron chi connectivity index (χ0n) is 27.6. The lowest BCUT2D eigenvalue weighted by Crippen LogP contribution is -2.01. The fourth-order valence-electron chi connectivity index (χ4n) is 7.57. The van der Waals surface area contributed by atoms with Crippen LogP contribution in [0.15, 0.2) is 167 Å². The van der Waals surface area contributed by atoms with Gasteiger partial charge in [0.15, 0.2) is 23.1 Å². The minimum atomic E-state index is 0.565. The van der Waals surface area contributed by atoms with E-state index in [1.54, 1.807) is 0 Å². The molecular weight excluding hydrogens is 641 g/mol. The molecule has 3 aromatic heterocycles. The predicted molar refractivity (Wildman–Crippen MR) is 209 cm³/mol. The molecular formula is C46H26N4O2. The molecule has 0 aliphatic rings. The summed E-state index contributed by atoms with van der Waals surface area (Å²) in [6, 6.07) is 53.5. The molecule has 0 bridgehead atoms. The van der Waals surface area contributed by atoms with Crippen LogP contribution in [0.2, 0.25) is 0 Å². The zero-order chi connectivity index (χ0) is 34.2. The molecule has 8 aromatic carbocycles. The number of rotatable bonds is 4. The van der Waals surface area contributed by atoms with Crippen molar-refractivity contribution in [2.75, 3.05) is 0 Å². The number of oxazole rings is 1. The first-order chi connectivity index (χ1) is 25.8. The minimum Gasteiger partial charge on any atom is -0.456 e. The van der Waals surface area contributed by atoms with E-state index in [1.807, 2.05) is 42.5 Å². The number of hydrogen-bond donors (Lipinski definition) is 0. The number of nitrogens with zero attached hydrogens (tertiary/aromatic N) is 4. The third-order valence-corrected chi connectivity index (χ3v) is 9.96. The van der Waals surface area contributed by atoms with E-state index in [0.29, 0.717) is 34.5 Å². The van der Waals surface area contributed by atoms with Crippen LogP contribution >= 0.6 is 0 Å². The van der Waals surface area contributed by atoms with Crippen molar-refractivity contribution in [3.8, 4) is 45.6 Å². The topological polar surface area (TPSA) is 77.8 Å². The second kappa shape index (κ2) is 11.2. The molecule has 0 radical (unpaired) electrons. The molecule has 0 amide bonds. The lowest BCUT2D eigenvalue weighted by atomic mass is 9.98. The maximum atomic E-state index is 6.63. The largest absolute Gasteiger partial charge is 0.456 e. The van der Waals surface area contributed by atoms with Crippen LogP contribution in [0, 0.1) is 0 Å². The maximum Gasteiger partial charge on any atom is 0.227 e. The molecule has 6 nitrogen and oxygen atoms in total. The number of fused-ring (bicyclic) bond motifs is 9. The highest BCUT2D eigenvalue weighted by Gasteiger charge is 2.22. The molecule has 0 atom stereocenters. The minimum absolute atomic E-state index is 0.565. The molecule has 6 heteroatoms. The third-order valence-electron chi connectivity index (χ3n) is 9.96. The highest BCUT2D eigenvalue weighted by Crippen LogP contribution is 2.43. The van der Waals surface area contributed by atoms with Crippen molar-refractivity contribution < 1.29 is 8.83 Å². The molecule has 11 rings (SSSR count). The number of furan rings is 1. The summed E-state index contributed by atoms with van der Waals surface area (Å²) < 4.78 is 13.1. The van der Waals surface area contributed by atoms with E-state index in [4.69, 9.17) is 28.8 Å². The molecule has 242 valence electrons. The molecule has 0 unspecified atom stereocenters. The summed E-state index contributed by atoms with van der Waals surface area (Å²) in [5, 5.41) is 8.27. The van der Waals surface area contributed by atoms with E-state index in [2.05, 4.69) is 115 Å². The lowest BCUT2D eigenvalue weighted by Gasteiger charge is -2.13. The first-order valence-corrected chi connectivity index (χ1v) is 17.2. The van der Waals surface area contributed by atoms with Crippen molar-refractivity contribution in [1.82, 2.24) is 19.9 Å². The summed E-state index contributed by atoms with van der Waals surface area (Å²) in [5.41, 5.74) is 6.58. The molecule has 0 fully saturated rings. The van der Waals surface area contributed by atoms with Gasteiger partial charge < -0.3 is 8.83 Å². The normalized spacial score (nSPS) is 11.8. The summed E-state index contributed by atoms with van der Waals surface area (Å²) in [4.78, 5) is 20.5. The predicted octanol–water partition coefficient (Wildman–Crippen LogP) is 12.0. The van der Waals surface area contributed by atoms with Crippen molar-refractivity contribution >= 4 is 65.4 Å². The Bertz CT molecular complexity index is 3090. The van der Waals surface area contributed by atoms with Crippen LogP contribution in [-0.2, 0) is 0 Å². The van der Waals surface area contributed by atoms with Gasteiger partial charge in [0.2, 0.25) is 5.89 Å². The Morgan fingerprint density at radius 3 is 1.60 bits per heavy atom. The monoisotopic (exact) mass is 666 g/mol. The van der Waals surface area contributed by atoms with Gasteiger partial charge in [0.25, 0.3) is 0 Å². The Hall–Kier alpha value is -7.18. The van der Waals surface area contributed by atoms with E-state index in [1.165, 1.54) is 0 Å². The van der Waals surface area contributed by atoms with Gasteiger partial charge in [-0.15, -0.1) is 0 Å².